The summed E-state index contributed by atoms with van der Waals surface area (Å²) in [5.41, 5.74) is 1.15. The summed E-state index contributed by atoms with van der Waals surface area (Å²) < 4.78 is 5.59. The van der Waals surface area contributed by atoms with Gasteiger partial charge in [-0.05, 0) is 32.4 Å². The summed E-state index contributed by atoms with van der Waals surface area (Å²) in [7, 11) is 0. The average Bonchev–Trinajstić information content (AvgIpc) is 2.54. The van der Waals surface area contributed by atoms with Gasteiger partial charge in [-0.3, -0.25) is 4.79 Å². The number of aryl methyl sites for hydroxylation is 1. The molecule has 23 heavy (non-hydrogen) atoms. The minimum atomic E-state index is -0.196. The number of ether oxygens (including phenoxy) is 1. The van der Waals surface area contributed by atoms with Crippen molar-refractivity contribution < 1.29 is 9.53 Å². The number of nitrogens with one attached hydrogen (secondary N) is 2. The summed E-state index contributed by atoms with van der Waals surface area (Å²) in [6, 6.07) is 9.24. The van der Waals surface area contributed by atoms with Crippen LogP contribution in [-0.4, -0.2) is 29.0 Å². The molecule has 0 aliphatic heterocycles. The number of carbonyl (C=O) groups is 1. The predicted octanol–water partition coefficient (Wildman–Crippen LogP) is 3.07. The van der Waals surface area contributed by atoms with Crippen LogP contribution in [0, 0.1) is 6.92 Å². The second-order valence-corrected chi connectivity index (χ2v) is 5.00. The van der Waals surface area contributed by atoms with E-state index in [-0.39, 0.29) is 5.91 Å². The maximum atomic E-state index is 12.1. The number of para-hydroxylation sites is 2. The van der Waals surface area contributed by atoms with E-state index in [1.165, 1.54) is 0 Å². The maximum Gasteiger partial charge on any atom is 0.270 e. The van der Waals surface area contributed by atoms with Gasteiger partial charge < -0.3 is 15.4 Å². The van der Waals surface area contributed by atoms with E-state index in [0.717, 1.165) is 17.9 Å². The molecule has 122 valence electrons. The molecule has 1 aromatic carbocycles. The predicted molar refractivity (Wildman–Crippen MR) is 90.3 cm³/mol. The fourth-order valence-corrected chi connectivity index (χ4v) is 2.07. The summed E-state index contributed by atoms with van der Waals surface area (Å²) >= 11 is 0. The number of carbonyl (C=O) groups excluding carboxylic acids is 1. The largest absolute Gasteiger partial charge is 0.492 e. The van der Waals surface area contributed by atoms with Gasteiger partial charge in [-0.25, -0.2) is 9.97 Å². The van der Waals surface area contributed by atoms with Gasteiger partial charge in [0.05, 0.1) is 12.3 Å². The molecule has 0 bridgehead atoms. The van der Waals surface area contributed by atoms with Gasteiger partial charge in [-0.2, -0.15) is 0 Å². The second-order valence-electron chi connectivity index (χ2n) is 5.00. The van der Waals surface area contributed by atoms with E-state index in [1.54, 1.807) is 13.0 Å². The first kappa shape index (κ1) is 16.7. The minimum absolute atomic E-state index is 0.196. The van der Waals surface area contributed by atoms with Gasteiger partial charge in [0.25, 0.3) is 5.91 Å². The summed E-state index contributed by atoms with van der Waals surface area (Å²) in [6.45, 7) is 6.89. The van der Waals surface area contributed by atoms with E-state index in [2.05, 4.69) is 20.6 Å². The number of aromatic nitrogens is 2. The molecule has 0 aliphatic rings. The first-order valence-corrected chi connectivity index (χ1v) is 7.76. The number of hydrogen-bond acceptors (Lipinski definition) is 5. The van der Waals surface area contributed by atoms with E-state index in [0.29, 0.717) is 30.5 Å². The lowest BCUT2D eigenvalue weighted by Crippen LogP contribution is -2.25. The van der Waals surface area contributed by atoms with E-state index in [1.807, 2.05) is 38.1 Å². The third-order valence-electron chi connectivity index (χ3n) is 3.06. The quantitative estimate of drug-likeness (QED) is 0.821. The van der Waals surface area contributed by atoms with Crippen molar-refractivity contribution in [3.05, 3.63) is 41.9 Å². The van der Waals surface area contributed by atoms with Crippen molar-refractivity contribution in [2.75, 3.05) is 18.5 Å². The highest BCUT2D eigenvalue weighted by Gasteiger charge is 2.11. The number of rotatable bonds is 7. The molecule has 2 aromatic rings. The van der Waals surface area contributed by atoms with Crippen LogP contribution in [0.5, 0.6) is 5.75 Å². The van der Waals surface area contributed by atoms with Crippen LogP contribution in [0.25, 0.3) is 0 Å². The molecule has 2 N–H and O–H groups in total. The van der Waals surface area contributed by atoms with Crippen molar-refractivity contribution in [1.29, 1.82) is 0 Å². The van der Waals surface area contributed by atoms with Crippen molar-refractivity contribution in [1.82, 2.24) is 15.3 Å². The van der Waals surface area contributed by atoms with Gasteiger partial charge >= 0.3 is 0 Å². The van der Waals surface area contributed by atoms with Crippen LogP contribution in [-0.2, 0) is 0 Å². The molecule has 0 fully saturated rings. The fraction of sp³-hybridized carbons (Fsp3) is 0.353. The van der Waals surface area contributed by atoms with Crippen LogP contribution < -0.4 is 15.4 Å². The monoisotopic (exact) mass is 314 g/mol. The zero-order valence-corrected chi connectivity index (χ0v) is 13.7. The molecule has 0 atom stereocenters. The maximum absolute atomic E-state index is 12.1. The normalized spacial score (nSPS) is 10.2. The summed E-state index contributed by atoms with van der Waals surface area (Å²) in [5.74, 6) is 1.64. The van der Waals surface area contributed by atoms with Crippen LogP contribution in [0.3, 0.4) is 0 Å². The Morgan fingerprint density at radius 3 is 2.74 bits per heavy atom. The van der Waals surface area contributed by atoms with Crippen molar-refractivity contribution in [3.63, 3.8) is 0 Å². The minimum Gasteiger partial charge on any atom is -0.492 e. The van der Waals surface area contributed by atoms with Crippen molar-refractivity contribution in [2.45, 2.75) is 27.2 Å². The Labute approximate surface area is 136 Å². The van der Waals surface area contributed by atoms with Gasteiger partial charge in [-0.15, -0.1) is 0 Å². The molecule has 0 radical (unpaired) electrons. The zero-order valence-electron chi connectivity index (χ0n) is 13.7. The molecule has 0 unspecified atom stereocenters. The molecule has 0 spiro atoms. The topological polar surface area (TPSA) is 76.1 Å². The van der Waals surface area contributed by atoms with Gasteiger partial charge in [0.2, 0.25) is 0 Å². The summed E-state index contributed by atoms with van der Waals surface area (Å²) in [5, 5.41) is 6.01. The first-order valence-electron chi connectivity index (χ1n) is 7.76. The lowest BCUT2D eigenvalue weighted by Gasteiger charge is -2.12. The fourth-order valence-electron chi connectivity index (χ4n) is 2.07. The summed E-state index contributed by atoms with van der Waals surface area (Å²) in [4.78, 5) is 20.6. The second kappa shape index (κ2) is 8.12. The van der Waals surface area contributed by atoms with Crippen LogP contribution >= 0.6 is 0 Å². The molecule has 0 saturated carbocycles. The highest BCUT2D eigenvalue weighted by Crippen LogP contribution is 2.26. The Hall–Kier alpha value is -2.63. The third kappa shape index (κ3) is 4.67. The van der Waals surface area contributed by atoms with Crippen molar-refractivity contribution >= 4 is 17.4 Å². The number of anilines is 2. The molecule has 1 aromatic heterocycles. The lowest BCUT2D eigenvalue weighted by atomic mass is 10.2. The molecular weight excluding hydrogens is 292 g/mol. The Bertz CT molecular complexity index is 673. The number of nitrogens with zero attached hydrogens (tertiary/aromatic N) is 2. The SMILES string of the molecule is CCCNC(=O)c1cc(Nc2ccccc2OCC)nc(C)n1. The molecule has 1 heterocycles. The standard InChI is InChI=1S/C17H22N4O2/c1-4-10-18-17(22)14-11-16(20-12(3)19-14)21-13-8-6-7-9-15(13)23-5-2/h6-9,11H,4-5,10H2,1-3H3,(H,18,22)(H,19,20,21). The summed E-state index contributed by atoms with van der Waals surface area (Å²) in [6.07, 6.45) is 0.878. The Morgan fingerprint density at radius 1 is 1.22 bits per heavy atom. The van der Waals surface area contributed by atoms with E-state index >= 15 is 0 Å². The van der Waals surface area contributed by atoms with E-state index in [9.17, 15) is 4.79 Å². The highest BCUT2D eigenvalue weighted by molar-refractivity contribution is 5.93. The first-order chi connectivity index (χ1) is 11.1. The van der Waals surface area contributed by atoms with Crippen LogP contribution in [0.4, 0.5) is 11.5 Å². The van der Waals surface area contributed by atoms with Gasteiger partial charge in [0, 0.05) is 12.6 Å². The van der Waals surface area contributed by atoms with Crippen LogP contribution in [0.15, 0.2) is 30.3 Å². The van der Waals surface area contributed by atoms with Crippen molar-refractivity contribution in [2.24, 2.45) is 0 Å². The molecular formula is C17H22N4O2. The van der Waals surface area contributed by atoms with Crippen LogP contribution in [0.1, 0.15) is 36.6 Å². The Balaban J connectivity index is 2.23. The third-order valence-corrected chi connectivity index (χ3v) is 3.06. The molecule has 0 saturated heterocycles. The van der Waals surface area contributed by atoms with Gasteiger partial charge in [0.15, 0.2) is 0 Å². The van der Waals surface area contributed by atoms with Crippen molar-refractivity contribution in [3.8, 4) is 5.75 Å². The number of benzene rings is 1. The lowest BCUT2D eigenvalue weighted by molar-refractivity contribution is 0.0948. The smallest absolute Gasteiger partial charge is 0.270 e. The van der Waals surface area contributed by atoms with Crippen LogP contribution in [0.2, 0.25) is 0 Å². The molecule has 6 nitrogen and oxygen atoms in total. The number of hydrogen-bond donors (Lipinski definition) is 2. The Kier molecular flexibility index (Phi) is 5.91. The van der Waals surface area contributed by atoms with E-state index in [4.69, 9.17) is 4.74 Å². The van der Waals surface area contributed by atoms with Gasteiger partial charge in [0.1, 0.15) is 23.1 Å². The average molecular weight is 314 g/mol. The molecule has 6 heteroatoms. The zero-order chi connectivity index (χ0) is 16.7. The molecule has 1 amide bonds. The highest BCUT2D eigenvalue weighted by atomic mass is 16.5. The Morgan fingerprint density at radius 2 is 2.00 bits per heavy atom. The molecule has 2 rings (SSSR count). The van der Waals surface area contributed by atoms with Gasteiger partial charge in [-0.1, -0.05) is 19.1 Å². The molecule has 0 aliphatic carbocycles. The number of amides is 1. The van der Waals surface area contributed by atoms with E-state index < -0.39 is 0 Å².